The predicted molar refractivity (Wildman–Crippen MR) is 138 cm³/mol. The Morgan fingerprint density at radius 1 is 0.784 bits per heavy atom. The van der Waals surface area contributed by atoms with E-state index in [1.807, 2.05) is 54.8 Å². The van der Waals surface area contributed by atoms with Gasteiger partial charge in [-0.25, -0.2) is 0 Å². The van der Waals surface area contributed by atoms with Gasteiger partial charge >= 0.3 is 11.9 Å². The van der Waals surface area contributed by atoms with Crippen LogP contribution in [-0.4, -0.2) is 68.9 Å². The molecule has 3 rings (SSSR count). The molecule has 5 atom stereocenters. The number of carbonyl (C=O) groups excluding carboxylic acids is 2. The molecular formula is C27H34O9S. The zero-order valence-electron chi connectivity index (χ0n) is 21.7. The molecule has 0 N–H and O–H groups in total. The van der Waals surface area contributed by atoms with Gasteiger partial charge in [0.05, 0.1) is 27.4 Å². The SMILES string of the molecule is COc1ccc(CO[C@@H]2[C@@H](OCc3ccc(OC)cc3)[C@H](SC)O[C@H](COC(C)=O)[C@H]2OC(C)=O)cc1. The second kappa shape index (κ2) is 14.2. The smallest absolute Gasteiger partial charge is 0.303 e. The van der Waals surface area contributed by atoms with Crippen molar-refractivity contribution in [3.63, 3.8) is 0 Å². The van der Waals surface area contributed by atoms with Gasteiger partial charge in [-0.05, 0) is 41.6 Å². The van der Waals surface area contributed by atoms with E-state index in [1.165, 1.54) is 25.6 Å². The quantitative estimate of drug-likeness (QED) is 0.374. The van der Waals surface area contributed by atoms with E-state index in [2.05, 4.69) is 0 Å². The number of ether oxygens (including phenoxy) is 7. The van der Waals surface area contributed by atoms with Crippen molar-refractivity contribution in [3.8, 4) is 11.5 Å². The maximum atomic E-state index is 12.1. The Bertz CT molecular complexity index is 996. The molecule has 0 amide bonds. The lowest BCUT2D eigenvalue weighted by molar-refractivity contribution is -0.246. The Labute approximate surface area is 221 Å². The van der Waals surface area contributed by atoms with Gasteiger partial charge in [0.15, 0.2) is 6.10 Å². The van der Waals surface area contributed by atoms with Gasteiger partial charge in [-0.3, -0.25) is 9.59 Å². The molecule has 9 nitrogen and oxygen atoms in total. The number of thioether (sulfide) groups is 1. The highest BCUT2D eigenvalue weighted by molar-refractivity contribution is 7.99. The molecule has 0 aromatic heterocycles. The fourth-order valence-corrected chi connectivity index (χ4v) is 4.69. The fraction of sp³-hybridized carbons (Fsp3) is 0.481. The van der Waals surface area contributed by atoms with Crippen LogP contribution in [0.25, 0.3) is 0 Å². The summed E-state index contributed by atoms with van der Waals surface area (Å²) in [5.41, 5.74) is 1.37. The van der Waals surface area contributed by atoms with E-state index in [9.17, 15) is 9.59 Å². The molecule has 0 unspecified atom stereocenters. The second-order valence-electron chi connectivity index (χ2n) is 8.40. The Morgan fingerprint density at radius 2 is 1.30 bits per heavy atom. The summed E-state index contributed by atoms with van der Waals surface area (Å²) >= 11 is 1.44. The highest BCUT2D eigenvalue weighted by Crippen LogP contribution is 2.34. The third kappa shape index (κ3) is 8.36. The first-order valence-electron chi connectivity index (χ1n) is 11.8. The van der Waals surface area contributed by atoms with E-state index >= 15 is 0 Å². The zero-order chi connectivity index (χ0) is 26.8. The summed E-state index contributed by atoms with van der Waals surface area (Å²) in [6.45, 7) is 3.05. The van der Waals surface area contributed by atoms with Crippen LogP contribution in [0.15, 0.2) is 48.5 Å². The first-order valence-corrected chi connectivity index (χ1v) is 13.1. The lowest BCUT2D eigenvalue weighted by Crippen LogP contribution is -2.60. The maximum absolute atomic E-state index is 12.1. The molecule has 0 aliphatic carbocycles. The molecule has 10 heteroatoms. The van der Waals surface area contributed by atoms with Crippen molar-refractivity contribution in [1.82, 2.24) is 0 Å². The minimum atomic E-state index is -0.862. The second-order valence-corrected chi connectivity index (χ2v) is 9.34. The average molecular weight is 535 g/mol. The van der Waals surface area contributed by atoms with Crippen LogP contribution in [0.5, 0.6) is 11.5 Å². The third-order valence-electron chi connectivity index (χ3n) is 5.78. The van der Waals surface area contributed by atoms with E-state index in [-0.39, 0.29) is 19.8 Å². The van der Waals surface area contributed by atoms with Crippen molar-refractivity contribution < 1.29 is 42.7 Å². The lowest BCUT2D eigenvalue weighted by atomic mass is 9.99. The van der Waals surface area contributed by atoms with Crippen molar-refractivity contribution in [1.29, 1.82) is 0 Å². The summed E-state index contributed by atoms with van der Waals surface area (Å²) in [5, 5.41) is 0. The highest BCUT2D eigenvalue weighted by atomic mass is 32.2. The molecule has 2 aromatic carbocycles. The summed E-state index contributed by atoms with van der Waals surface area (Å²) < 4.78 is 40.3. The first kappa shape index (κ1) is 28.8. The fourth-order valence-electron chi connectivity index (χ4n) is 3.93. The average Bonchev–Trinajstić information content (AvgIpc) is 2.90. The number of rotatable bonds is 12. The maximum Gasteiger partial charge on any atom is 0.303 e. The van der Waals surface area contributed by atoms with Crippen molar-refractivity contribution in [2.45, 2.75) is 56.9 Å². The molecular weight excluding hydrogens is 500 g/mol. The zero-order valence-corrected chi connectivity index (χ0v) is 22.5. The minimum Gasteiger partial charge on any atom is -0.497 e. The molecule has 0 radical (unpaired) electrons. The molecule has 1 saturated heterocycles. The summed E-state index contributed by atoms with van der Waals surface area (Å²) in [5.74, 6) is 0.517. The Morgan fingerprint density at radius 3 is 1.73 bits per heavy atom. The van der Waals surface area contributed by atoms with Gasteiger partial charge in [0.25, 0.3) is 0 Å². The molecule has 202 valence electrons. The van der Waals surface area contributed by atoms with Gasteiger partial charge in [0.2, 0.25) is 0 Å². The lowest BCUT2D eigenvalue weighted by Gasteiger charge is -2.45. The largest absolute Gasteiger partial charge is 0.497 e. The van der Waals surface area contributed by atoms with Crippen LogP contribution in [0.4, 0.5) is 0 Å². The Balaban J connectivity index is 1.86. The molecule has 2 aromatic rings. The standard InChI is InChI=1S/C27H34O9S/c1-17(28)32-16-23-24(35-18(2)29)25(33-14-19-6-10-21(30-3)11-7-19)26(27(36-23)37-5)34-15-20-8-12-22(31-4)13-9-20/h6-13,23-27H,14-16H2,1-5H3/t23-,24-,25+,26-,27+/m1/s1. The molecule has 0 saturated carbocycles. The van der Waals surface area contributed by atoms with Crippen molar-refractivity contribution >= 4 is 23.7 Å². The van der Waals surface area contributed by atoms with Crippen molar-refractivity contribution in [3.05, 3.63) is 59.7 Å². The summed E-state index contributed by atoms with van der Waals surface area (Å²) in [6.07, 6.45) is -0.986. The van der Waals surface area contributed by atoms with Crippen LogP contribution in [-0.2, 0) is 46.5 Å². The van der Waals surface area contributed by atoms with E-state index in [4.69, 9.17) is 33.2 Å². The molecule has 0 bridgehead atoms. The van der Waals surface area contributed by atoms with Gasteiger partial charge in [0.1, 0.15) is 41.9 Å². The van der Waals surface area contributed by atoms with Crippen LogP contribution in [0.2, 0.25) is 0 Å². The number of esters is 2. The van der Waals surface area contributed by atoms with Crippen molar-refractivity contribution in [2.75, 3.05) is 27.1 Å². The summed E-state index contributed by atoms with van der Waals surface area (Å²) in [7, 11) is 3.22. The van der Waals surface area contributed by atoms with Gasteiger partial charge in [-0.15, -0.1) is 11.8 Å². The van der Waals surface area contributed by atoms with E-state index in [0.29, 0.717) is 0 Å². The topological polar surface area (TPSA) is 98.8 Å². The summed E-state index contributed by atoms with van der Waals surface area (Å²) in [4.78, 5) is 23.6. The number of hydrogen-bond donors (Lipinski definition) is 0. The molecule has 1 aliphatic heterocycles. The molecule has 1 fully saturated rings. The summed E-state index contributed by atoms with van der Waals surface area (Å²) in [6, 6.07) is 15.0. The van der Waals surface area contributed by atoms with E-state index in [1.54, 1.807) is 14.2 Å². The van der Waals surface area contributed by atoms with Crippen LogP contribution < -0.4 is 9.47 Å². The van der Waals surface area contributed by atoms with Gasteiger partial charge < -0.3 is 33.2 Å². The number of benzene rings is 2. The number of hydrogen-bond acceptors (Lipinski definition) is 10. The van der Waals surface area contributed by atoms with Crippen LogP contribution in [0.1, 0.15) is 25.0 Å². The van der Waals surface area contributed by atoms with Crippen LogP contribution in [0, 0.1) is 0 Å². The van der Waals surface area contributed by atoms with Gasteiger partial charge in [-0.2, -0.15) is 0 Å². The van der Waals surface area contributed by atoms with Gasteiger partial charge in [0, 0.05) is 13.8 Å². The number of methoxy groups -OCH3 is 2. The molecule has 37 heavy (non-hydrogen) atoms. The van der Waals surface area contributed by atoms with Crippen LogP contribution in [0.3, 0.4) is 0 Å². The van der Waals surface area contributed by atoms with E-state index in [0.717, 1.165) is 22.6 Å². The van der Waals surface area contributed by atoms with Crippen LogP contribution >= 0.6 is 11.8 Å². The normalized spacial score (nSPS) is 23.2. The molecule has 0 spiro atoms. The molecule has 1 aliphatic rings. The highest BCUT2D eigenvalue weighted by Gasteiger charge is 2.49. The minimum absolute atomic E-state index is 0.0854. The molecule has 1 heterocycles. The predicted octanol–water partition coefficient (Wildman–Crippen LogP) is 3.76. The van der Waals surface area contributed by atoms with Crippen molar-refractivity contribution in [2.24, 2.45) is 0 Å². The van der Waals surface area contributed by atoms with E-state index < -0.39 is 41.8 Å². The Kier molecular flexibility index (Phi) is 11.1. The third-order valence-corrected chi connectivity index (χ3v) is 6.62. The monoisotopic (exact) mass is 534 g/mol. The Hall–Kier alpha value is -2.79. The first-order chi connectivity index (χ1) is 17.8. The number of carbonyl (C=O) groups is 2. The van der Waals surface area contributed by atoms with Gasteiger partial charge in [-0.1, -0.05) is 24.3 Å².